The summed E-state index contributed by atoms with van der Waals surface area (Å²) in [6.07, 6.45) is 7.07. The summed E-state index contributed by atoms with van der Waals surface area (Å²) in [5.41, 5.74) is 0. The average Bonchev–Trinajstić information content (AvgIpc) is 2.97. The maximum atomic E-state index is 9.94. The van der Waals surface area contributed by atoms with Gasteiger partial charge < -0.3 is 14.1 Å². The van der Waals surface area contributed by atoms with E-state index in [1.54, 1.807) is 12.5 Å². The van der Waals surface area contributed by atoms with Crippen LogP contribution in [0.25, 0.3) is 0 Å². The molecule has 0 saturated carbocycles. The summed E-state index contributed by atoms with van der Waals surface area (Å²) < 4.78 is 7.28. The SMILES string of the molecule is CCn1ccnc1CC(O)CCc1ccco1. The van der Waals surface area contributed by atoms with Crippen LogP contribution in [0.2, 0.25) is 0 Å². The summed E-state index contributed by atoms with van der Waals surface area (Å²) in [4.78, 5) is 4.25. The van der Waals surface area contributed by atoms with E-state index in [0.717, 1.165) is 24.6 Å². The third kappa shape index (κ3) is 3.20. The summed E-state index contributed by atoms with van der Waals surface area (Å²) >= 11 is 0. The van der Waals surface area contributed by atoms with Crippen LogP contribution in [0.4, 0.5) is 0 Å². The summed E-state index contributed by atoms with van der Waals surface area (Å²) in [6.45, 7) is 2.96. The van der Waals surface area contributed by atoms with E-state index in [0.29, 0.717) is 12.8 Å². The number of aliphatic hydroxyl groups excluding tert-OH is 1. The molecule has 17 heavy (non-hydrogen) atoms. The maximum Gasteiger partial charge on any atom is 0.111 e. The Morgan fingerprint density at radius 1 is 1.53 bits per heavy atom. The zero-order valence-electron chi connectivity index (χ0n) is 10.0. The standard InChI is InChI=1S/C13H18N2O2/c1-2-15-8-7-14-13(15)10-11(16)5-6-12-4-3-9-17-12/h3-4,7-9,11,16H,2,5-6,10H2,1H3. The monoisotopic (exact) mass is 234 g/mol. The highest BCUT2D eigenvalue weighted by molar-refractivity contribution is 4.99. The number of nitrogens with zero attached hydrogens (tertiary/aromatic N) is 2. The highest BCUT2D eigenvalue weighted by atomic mass is 16.3. The maximum absolute atomic E-state index is 9.94. The fourth-order valence-corrected chi connectivity index (χ4v) is 1.89. The molecule has 0 aliphatic heterocycles. The molecule has 0 amide bonds. The third-order valence-electron chi connectivity index (χ3n) is 2.86. The van der Waals surface area contributed by atoms with E-state index in [4.69, 9.17) is 4.42 Å². The van der Waals surface area contributed by atoms with Crippen LogP contribution in [-0.2, 0) is 19.4 Å². The van der Waals surface area contributed by atoms with Crippen LogP contribution >= 0.6 is 0 Å². The Kier molecular flexibility index (Phi) is 3.98. The van der Waals surface area contributed by atoms with Gasteiger partial charge in [-0.3, -0.25) is 0 Å². The van der Waals surface area contributed by atoms with Crippen LogP contribution in [-0.4, -0.2) is 20.8 Å². The van der Waals surface area contributed by atoms with E-state index in [9.17, 15) is 5.11 Å². The summed E-state index contributed by atoms with van der Waals surface area (Å²) in [5, 5.41) is 9.94. The smallest absolute Gasteiger partial charge is 0.111 e. The zero-order valence-corrected chi connectivity index (χ0v) is 10.0. The van der Waals surface area contributed by atoms with Crippen molar-refractivity contribution in [3.05, 3.63) is 42.4 Å². The van der Waals surface area contributed by atoms with Crippen molar-refractivity contribution in [3.8, 4) is 0 Å². The van der Waals surface area contributed by atoms with Gasteiger partial charge in [0.05, 0.1) is 12.4 Å². The minimum Gasteiger partial charge on any atom is -0.469 e. The molecule has 1 N–H and O–H groups in total. The van der Waals surface area contributed by atoms with Crippen molar-refractivity contribution >= 4 is 0 Å². The Bertz CT molecular complexity index is 434. The number of aromatic nitrogens is 2. The lowest BCUT2D eigenvalue weighted by Crippen LogP contribution is -2.15. The molecule has 2 aromatic heterocycles. The Morgan fingerprint density at radius 3 is 3.12 bits per heavy atom. The van der Waals surface area contributed by atoms with E-state index in [1.165, 1.54) is 0 Å². The summed E-state index contributed by atoms with van der Waals surface area (Å²) in [7, 11) is 0. The third-order valence-corrected chi connectivity index (χ3v) is 2.86. The molecule has 0 bridgehead atoms. The molecular formula is C13H18N2O2. The molecule has 0 saturated heterocycles. The first kappa shape index (κ1) is 11.9. The first-order valence-electron chi connectivity index (χ1n) is 6.00. The molecule has 2 rings (SSSR count). The number of imidazole rings is 1. The van der Waals surface area contributed by atoms with E-state index in [2.05, 4.69) is 16.5 Å². The largest absolute Gasteiger partial charge is 0.469 e. The molecule has 2 heterocycles. The first-order chi connectivity index (χ1) is 8.29. The average molecular weight is 234 g/mol. The van der Waals surface area contributed by atoms with E-state index < -0.39 is 0 Å². The molecule has 92 valence electrons. The Labute approximate surface area is 101 Å². The Balaban J connectivity index is 1.83. The molecule has 4 nitrogen and oxygen atoms in total. The van der Waals surface area contributed by atoms with Crippen LogP contribution in [0.3, 0.4) is 0 Å². The van der Waals surface area contributed by atoms with E-state index in [1.807, 2.05) is 18.3 Å². The molecule has 0 radical (unpaired) electrons. The van der Waals surface area contributed by atoms with Gasteiger partial charge in [-0.1, -0.05) is 0 Å². The van der Waals surface area contributed by atoms with Crippen molar-refractivity contribution in [3.63, 3.8) is 0 Å². The van der Waals surface area contributed by atoms with Crippen LogP contribution < -0.4 is 0 Å². The van der Waals surface area contributed by atoms with Gasteiger partial charge in [-0.2, -0.15) is 0 Å². The van der Waals surface area contributed by atoms with Crippen molar-refractivity contribution in [2.24, 2.45) is 0 Å². The minimum absolute atomic E-state index is 0.368. The van der Waals surface area contributed by atoms with Crippen LogP contribution in [0.1, 0.15) is 24.9 Å². The van der Waals surface area contributed by atoms with E-state index in [-0.39, 0.29) is 6.10 Å². The van der Waals surface area contributed by atoms with Crippen molar-refractivity contribution in [2.45, 2.75) is 38.8 Å². The molecule has 4 heteroatoms. The molecule has 0 aromatic carbocycles. The van der Waals surface area contributed by atoms with Gasteiger partial charge in [-0.15, -0.1) is 0 Å². The molecule has 1 unspecified atom stereocenters. The highest BCUT2D eigenvalue weighted by Crippen LogP contribution is 2.09. The van der Waals surface area contributed by atoms with Gasteiger partial charge in [0.15, 0.2) is 0 Å². The van der Waals surface area contributed by atoms with Crippen molar-refractivity contribution in [2.75, 3.05) is 0 Å². The number of furan rings is 1. The normalized spacial score (nSPS) is 12.8. The molecule has 0 spiro atoms. The Hall–Kier alpha value is -1.55. The highest BCUT2D eigenvalue weighted by Gasteiger charge is 2.10. The lowest BCUT2D eigenvalue weighted by molar-refractivity contribution is 0.159. The summed E-state index contributed by atoms with van der Waals surface area (Å²) in [6, 6.07) is 3.80. The number of hydrogen-bond donors (Lipinski definition) is 1. The second-order valence-corrected chi connectivity index (χ2v) is 4.11. The van der Waals surface area contributed by atoms with Crippen LogP contribution in [0.15, 0.2) is 35.2 Å². The fraction of sp³-hybridized carbons (Fsp3) is 0.462. The molecular weight excluding hydrogens is 216 g/mol. The quantitative estimate of drug-likeness (QED) is 0.832. The predicted molar refractivity (Wildman–Crippen MR) is 64.6 cm³/mol. The summed E-state index contributed by atoms with van der Waals surface area (Å²) in [5.74, 6) is 1.86. The predicted octanol–water partition coefficient (Wildman–Crippen LogP) is 2.03. The minimum atomic E-state index is -0.368. The van der Waals surface area contributed by atoms with Crippen LogP contribution in [0, 0.1) is 0 Å². The van der Waals surface area contributed by atoms with Gasteiger partial charge in [0.2, 0.25) is 0 Å². The van der Waals surface area contributed by atoms with Gasteiger partial charge in [0.25, 0.3) is 0 Å². The van der Waals surface area contributed by atoms with E-state index >= 15 is 0 Å². The molecule has 1 atom stereocenters. The van der Waals surface area contributed by atoms with Gasteiger partial charge in [0, 0.05) is 31.8 Å². The van der Waals surface area contributed by atoms with Crippen LogP contribution in [0.5, 0.6) is 0 Å². The Morgan fingerprint density at radius 2 is 2.41 bits per heavy atom. The lowest BCUT2D eigenvalue weighted by Gasteiger charge is -2.10. The van der Waals surface area contributed by atoms with Gasteiger partial charge >= 0.3 is 0 Å². The van der Waals surface area contributed by atoms with Crippen molar-refractivity contribution in [1.82, 2.24) is 9.55 Å². The molecule has 0 aliphatic rings. The lowest BCUT2D eigenvalue weighted by atomic mass is 10.1. The fourth-order valence-electron chi connectivity index (χ4n) is 1.89. The molecule has 2 aromatic rings. The molecule has 0 aliphatic carbocycles. The second-order valence-electron chi connectivity index (χ2n) is 4.11. The van der Waals surface area contributed by atoms with Gasteiger partial charge in [-0.05, 0) is 25.5 Å². The molecule has 0 fully saturated rings. The van der Waals surface area contributed by atoms with Gasteiger partial charge in [0.1, 0.15) is 11.6 Å². The topological polar surface area (TPSA) is 51.2 Å². The van der Waals surface area contributed by atoms with Crippen molar-refractivity contribution < 1.29 is 9.52 Å². The number of aryl methyl sites for hydroxylation is 2. The number of aliphatic hydroxyl groups is 1. The number of rotatable bonds is 6. The van der Waals surface area contributed by atoms with Gasteiger partial charge in [-0.25, -0.2) is 4.98 Å². The zero-order chi connectivity index (χ0) is 12.1. The first-order valence-corrected chi connectivity index (χ1v) is 6.00. The number of hydrogen-bond acceptors (Lipinski definition) is 3. The second kappa shape index (κ2) is 5.68. The van der Waals surface area contributed by atoms with Crippen molar-refractivity contribution in [1.29, 1.82) is 0 Å².